The van der Waals surface area contributed by atoms with Crippen LogP contribution in [0.15, 0.2) is 49.2 Å². The Morgan fingerprint density at radius 2 is 2.03 bits per heavy atom. The van der Waals surface area contributed by atoms with Crippen molar-refractivity contribution in [3.63, 3.8) is 0 Å². The Morgan fingerprint density at radius 1 is 1.24 bits per heavy atom. The Bertz CT molecular complexity index is 1110. The molecule has 0 aliphatic rings. The molecular formula is C25H33N5O6S. The smallest absolute Gasteiger partial charge is 0.300 e. The molecule has 0 saturated heterocycles. The fourth-order valence-corrected chi connectivity index (χ4v) is 4.06. The number of carboxylic acid groups (broad SMARTS) is 1. The fourth-order valence-electron chi connectivity index (χ4n) is 3.18. The van der Waals surface area contributed by atoms with Gasteiger partial charge in [0.05, 0.1) is 32.7 Å². The number of carbonyl (C=O) groups excluding carboxylic acids is 2. The van der Waals surface area contributed by atoms with Gasteiger partial charge >= 0.3 is 0 Å². The molecule has 2 amide bonds. The number of aromatic nitrogens is 3. The number of methoxy groups -OCH3 is 2. The molecule has 2 aromatic heterocycles. The molecule has 3 aromatic rings. The average molecular weight is 532 g/mol. The van der Waals surface area contributed by atoms with Crippen molar-refractivity contribution in [3.8, 4) is 5.75 Å². The minimum absolute atomic E-state index is 0.0959. The summed E-state index contributed by atoms with van der Waals surface area (Å²) in [7, 11) is 3.19. The van der Waals surface area contributed by atoms with Crippen molar-refractivity contribution in [2.24, 2.45) is 0 Å². The summed E-state index contributed by atoms with van der Waals surface area (Å²) in [6, 6.07) is 7.74. The Balaban J connectivity index is 0.00000112. The van der Waals surface area contributed by atoms with Gasteiger partial charge in [0.2, 0.25) is 5.91 Å². The van der Waals surface area contributed by atoms with Crippen LogP contribution in [0.1, 0.15) is 35.0 Å². The summed E-state index contributed by atoms with van der Waals surface area (Å²) >= 11 is 1.21. The number of ether oxygens (including phenoxy) is 2. The molecule has 3 rings (SSSR count). The highest BCUT2D eigenvalue weighted by Gasteiger charge is 2.21. The lowest BCUT2D eigenvalue weighted by Gasteiger charge is -2.20. The third kappa shape index (κ3) is 10.8. The van der Waals surface area contributed by atoms with Crippen molar-refractivity contribution in [1.29, 1.82) is 0 Å². The van der Waals surface area contributed by atoms with Gasteiger partial charge in [-0.3, -0.25) is 19.3 Å². The van der Waals surface area contributed by atoms with Crippen LogP contribution in [-0.4, -0.2) is 71.3 Å². The van der Waals surface area contributed by atoms with Crippen LogP contribution in [-0.2, 0) is 27.3 Å². The molecule has 0 saturated carbocycles. The van der Waals surface area contributed by atoms with Gasteiger partial charge in [0.25, 0.3) is 11.9 Å². The van der Waals surface area contributed by atoms with Gasteiger partial charge < -0.3 is 24.5 Å². The summed E-state index contributed by atoms with van der Waals surface area (Å²) in [4.78, 5) is 44.8. The molecule has 200 valence electrons. The molecule has 12 heteroatoms. The zero-order valence-corrected chi connectivity index (χ0v) is 22.1. The predicted octanol–water partition coefficient (Wildman–Crippen LogP) is 2.87. The molecule has 0 spiro atoms. The molecule has 2 heterocycles. The van der Waals surface area contributed by atoms with E-state index in [2.05, 4.69) is 15.3 Å². The first-order valence-corrected chi connectivity index (χ1v) is 12.5. The van der Waals surface area contributed by atoms with E-state index in [1.54, 1.807) is 31.6 Å². The normalized spacial score (nSPS) is 10.2. The van der Waals surface area contributed by atoms with E-state index in [1.165, 1.54) is 17.5 Å². The SMILES string of the molecule is CC(=O)O.COCCC(=O)N(CCc1cccc(OC)c1)c1ncc(C(=O)NCCCn2ccnc2)s1. The number of hydrogen-bond acceptors (Lipinski definition) is 8. The predicted molar refractivity (Wildman–Crippen MR) is 140 cm³/mol. The fraction of sp³-hybridized carbons (Fsp3) is 0.400. The van der Waals surface area contributed by atoms with E-state index in [4.69, 9.17) is 19.4 Å². The number of carboxylic acids is 1. The van der Waals surface area contributed by atoms with Crippen molar-refractivity contribution in [2.45, 2.75) is 32.7 Å². The molecule has 0 fully saturated rings. The number of aliphatic carboxylic acids is 1. The van der Waals surface area contributed by atoms with Gasteiger partial charge in [-0.2, -0.15) is 0 Å². The number of benzene rings is 1. The van der Waals surface area contributed by atoms with Crippen LogP contribution in [0.2, 0.25) is 0 Å². The lowest BCUT2D eigenvalue weighted by atomic mass is 10.1. The standard InChI is InChI=1S/C23H29N5O4S.C2H4O2/c1-31-14-8-21(29)28(12-7-18-5-3-6-19(15-18)32-2)23-26-16-20(33-23)22(30)25-9-4-11-27-13-10-24-17-27;1-2(3)4/h3,5-6,10,13,15-17H,4,7-9,11-12,14H2,1-2H3,(H,25,30);1H3,(H,3,4). The van der Waals surface area contributed by atoms with E-state index in [-0.39, 0.29) is 18.2 Å². The van der Waals surface area contributed by atoms with Gasteiger partial charge in [-0.05, 0) is 30.5 Å². The van der Waals surface area contributed by atoms with Crippen LogP contribution in [0.4, 0.5) is 5.13 Å². The number of nitrogens with zero attached hydrogens (tertiary/aromatic N) is 4. The Morgan fingerprint density at radius 3 is 2.70 bits per heavy atom. The molecule has 0 aliphatic heterocycles. The molecule has 0 bridgehead atoms. The van der Waals surface area contributed by atoms with Crippen LogP contribution < -0.4 is 15.0 Å². The second kappa shape index (κ2) is 16.1. The van der Waals surface area contributed by atoms with Gasteiger partial charge in [0.15, 0.2) is 5.13 Å². The molecular weight excluding hydrogens is 498 g/mol. The van der Waals surface area contributed by atoms with E-state index in [9.17, 15) is 9.59 Å². The molecule has 0 radical (unpaired) electrons. The van der Waals surface area contributed by atoms with E-state index in [1.807, 2.05) is 35.0 Å². The number of imidazole rings is 1. The topological polar surface area (TPSA) is 136 Å². The summed E-state index contributed by atoms with van der Waals surface area (Å²) in [5.74, 6) is -0.353. The van der Waals surface area contributed by atoms with Crippen molar-refractivity contribution < 1.29 is 29.0 Å². The van der Waals surface area contributed by atoms with Crippen LogP contribution >= 0.6 is 11.3 Å². The van der Waals surface area contributed by atoms with Gasteiger partial charge in [-0.25, -0.2) is 9.97 Å². The van der Waals surface area contributed by atoms with Crippen LogP contribution in [0.3, 0.4) is 0 Å². The quantitative estimate of drug-likeness (QED) is 0.322. The zero-order valence-electron chi connectivity index (χ0n) is 21.3. The van der Waals surface area contributed by atoms with E-state index < -0.39 is 5.97 Å². The Labute approximate surface area is 220 Å². The van der Waals surface area contributed by atoms with Crippen molar-refractivity contribution >= 4 is 34.3 Å². The van der Waals surface area contributed by atoms with E-state index in [0.29, 0.717) is 36.1 Å². The van der Waals surface area contributed by atoms with Gasteiger partial charge in [0, 0.05) is 46.1 Å². The lowest BCUT2D eigenvalue weighted by Crippen LogP contribution is -2.33. The summed E-state index contributed by atoms with van der Waals surface area (Å²) in [5, 5.41) is 10.8. The molecule has 0 atom stereocenters. The maximum atomic E-state index is 12.8. The second-order valence-corrected chi connectivity index (χ2v) is 8.83. The molecule has 2 N–H and O–H groups in total. The summed E-state index contributed by atoms with van der Waals surface area (Å²) < 4.78 is 12.3. The summed E-state index contributed by atoms with van der Waals surface area (Å²) in [6.45, 7) is 3.16. The zero-order chi connectivity index (χ0) is 27.0. The maximum absolute atomic E-state index is 12.8. The average Bonchev–Trinajstić information content (AvgIpc) is 3.58. The first-order valence-electron chi connectivity index (χ1n) is 11.7. The molecule has 37 heavy (non-hydrogen) atoms. The summed E-state index contributed by atoms with van der Waals surface area (Å²) in [5.41, 5.74) is 1.05. The molecule has 0 aliphatic carbocycles. The maximum Gasteiger partial charge on any atom is 0.300 e. The molecule has 1 aromatic carbocycles. The number of aryl methyl sites for hydroxylation is 1. The number of anilines is 1. The van der Waals surface area contributed by atoms with Crippen molar-refractivity contribution in [1.82, 2.24) is 19.9 Å². The Hall–Kier alpha value is -3.77. The number of nitrogens with one attached hydrogen (secondary N) is 1. The number of amides is 2. The number of thiazole rings is 1. The summed E-state index contributed by atoms with van der Waals surface area (Å²) in [6.07, 6.45) is 8.54. The van der Waals surface area contributed by atoms with Gasteiger partial charge in [-0.1, -0.05) is 23.5 Å². The van der Waals surface area contributed by atoms with Gasteiger partial charge in [-0.15, -0.1) is 0 Å². The van der Waals surface area contributed by atoms with Crippen LogP contribution in [0, 0.1) is 0 Å². The van der Waals surface area contributed by atoms with E-state index >= 15 is 0 Å². The molecule has 0 unspecified atom stereocenters. The first kappa shape index (κ1) is 29.5. The largest absolute Gasteiger partial charge is 0.497 e. The minimum Gasteiger partial charge on any atom is -0.497 e. The van der Waals surface area contributed by atoms with Crippen molar-refractivity contribution in [2.75, 3.05) is 38.8 Å². The second-order valence-electron chi connectivity index (χ2n) is 7.83. The highest BCUT2D eigenvalue weighted by atomic mass is 32.1. The number of hydrogen-bond donors (Lipinski definition) is 2. The lowest BCUT2D eigenvalue weighted by molar-refractivity contribution is -0.134. The number of rotatable bonds is 13. The highest BCUT2D eigenvalue weighted by molar-refractivity contribution is 7.17. The third-order valence-corrected chi connectivity index (χ3v) is 5.98. The minimum atomic E-state index is -0.833. The monoisotopic (exact) mass is 531 g/mol. The van der Waals surface area contributed by atoms with Crippen LogP contribution in [0.25, 0.3) is 0 Å². The van der Waals surface area contributed by atoms with Crippen molar-refractivity contribution in [3.05, 3.63) is 59.6 Å². The Kier molecular flexibility index (Phi) is 12.8. The van der Waals surface area contributed by atoms with Gasteiger partial charge in [0.1, 0.15) is 10.6 Å². The first-order chi connectivity index (χ1) is 17.8. The van der Waals surface area contributed by atoms with E-state index in [0.717, 1.165) is 31.2 Å². The number of carbonyl (C=O) groups is 3. The molecule has 11 nitrogen and oxygen atoms in total. The van der Waals surface area contributed by atoms with Crippen LogP contribution in [0.5, 0.6) is 5.75 Å². The third-order valence-electron chi connectivity index (χ3n) is 4.97. The highest BCUT2D eigenvalue weighted by Crippen LogP contribution is 2.24.